The maximum absolute atomic E-state index is 12.1. The van der Waals surface area contributed by atoms with Crippen molar-refractivity contribution in [1.29, 1.82) is 0 Å². The molecule has 2 aromatic carbocycles. The Kier molecular flexibility index (Phi) is 5.51. The SMILES string of the molecule is Cc1cccc(OCCOC(=O)COc2ccc3c4c(c(=O)oc3c2)CCC4)c1. The highest BCUT2D eigenvalue weighted by molar-refractivity contribution is 5.83. The van der Waals surface area contributed by atoms with Gasteiger partial charge < -0.3 is 18.6 Å². The van der Waals surface area contributed by atoms with Crippen LogP contribution >= 0.6 is 0 Å². The van der Waals surface area contributed by atoms with E-state index in [1.54, 1.807) is 12.1 Å². The first kappa shape index (κ1) is 19.1. The van der Waals surface area contributed by atoms with Crippen LogP contribution in [-0.2, 0) is 22.4 Å². The first-order valence-corrected chi connectivity index (χ1v) is 9.66. The maximum atomic E-state index is 12.1. The van der Waals surface area contributed by atoms with E-state index >= 15 is 0 Å². The van der Waals surface area contributed by atoms with Crippen molar-refractivity contribution in [3.8, 4) is 11.5 Å². The van der Waals surface area contributed by atoms with E-state index in [4.69, 9.17) is 18.6 Å². The van der Waals surface area contributed by atoms with Crippen LogP contribution in [0.3, 0.4) is 0 Å². The highest BCUT2D eigenvalue weighted by atomic mass is 16.6. The Morgan fingerprint density at radius 3 is 2.69 bits per heavy atom. The largest absolute Gasteiger partial charge is 0.490 e. The molecule has 0 atom stereocenters. The van der Waals surface area contributed by atoms with Crippen LogP contribution in [0.4, 0.5) is 0 Å². The molecule has 29 heavy (non-hydrogen) atoms. The highest BCUT2D eigenvalue weighted by Gasteiger charge is 2.19. The molecule has 1 heterocycles. The number of rotatable bonds is 7. The second-order valence-corrected chi connectivity index (χ2v) is 7.03. The molecule has 0 bridgehead atoms. The first-order chi connectivity index (χ1) is 14.1. The Morgan fingerprint density at radius 2 is 1.83 bits per heavy atom. The zero-order valence-corrected chi connectivity index (χ0v) is 16.2. The lowest BCUT2D eigenvalue weighted by Gasteiger charge is -2.10. The van der Waals surface area contributed by atoms with Crippen LogP contribution in [0.5, 0.6) is 11.5 Å². The third-order valence-electron chi connectivity index (χ3n) is 4.91. The molecule has 150 valence electrons. The number of hydrogen-bond acceptors (Lipinski definition) is 6. The Morgan fingerprint density at radius 1 is 1.00 bits per heavy atom. The molecule has 0 radical (unpaired) electrons. The van der Waals surface area contributed by atoms with Gasteiger partial charge in [-0.3, -0.25) is 0 Å². The van der Waals surface area contributed by atoms with Crippen molar-refractivity contribution < 1.29 is 23.4 Å². The predicted octanol–water partition coefficient (Wildman–Crippen LogP) is 3.59. The Hall–Kier alpha value is -3.28. The third kappa shape index (κ3) is 4.42. The lowest BCUT2D eigenvalue weighted by atomic mass is 10.1. The Labute approximate surface area is 168 Å². The minimum Gasteiger partial charge on any atom is -0.490 e. The van der Waals surface area contributed by atoms with Gasteiger partial charge in [0.1, 0.15) is 30.3 Å². The number of fused-ring (bicyclic) bond motifs is 3. The first-order valence-electron chi connectivity index (χ1n) is 9.66. The van der Waals surface area contributed by atoms with E-state index in [1.807, 2.05) is 37.3 Å². The molecule has 1 aliphatic carbocycles. The molecule has 0 aliphatic heterocycles. The van der Waals surface area contributed by atoms with Crippen molar-refractivity contribution in [2.24, 2.45) is 0 Å². The lowest BCUT2D eigenvalue weighted by molar-refractivity contribution is -0.146. The van der Waals surface area contributed by atoms with Gasteiger partial charge in [-0.05, 0) is 61.6 Å². The molecular formula is C23H22O6. The highest BCUT2D eigenvalue weighted by Crippen LogP contribution is 2.29. The smallest absolute Gasteiger partial charge is 0.344 e. The summed E-state index contributed by atoms with van der Waals surface area (Å²) in [5, 5.41) is 0.931. The van der Waals surface area contributed by atoms with E-state index in [2.05, 4.69) is 0 Å². The van der Waals surface area contributed by atoms with Crippen LogP contribution < -0.4 is 15.1 Å². The van der Waals surface area contributed by atoms with Gasteiger partial charge in [-0.25, -0.2) is 9.59 Å². The van der Waals surface area contributed by atoms with E-state index < -0.39 is 5.97 Å². The minimum atomic E-state index is -0.492. The number of benzene rings is 2. The van der Waals surface area contributed by atoms with Gasteiger partial charge >= 0.3 is 11.6 Å². The summed E-state index contributed by atoms with van der Waals surface area (Å²) in [4.78, 5) is 24.0. The van der Waals surface area contributed by atoms with Crippen molar-refractivity contribution in [3.63, 3.8) is 0 Å². The van der Waals surface area contributed by atoms with Crippen molar-refractivity contribution in [2.45, 2.75) is 26.2 Å². The summed E-state index contributed by atoms with van der Waals surface area (Å²) in [6.45, 7) is 2.15. The Bertz CT molecular complexity index is 1100. The second-order valence-electron chi connectivity index (χ2n) is 7.03. The molecular weight excluding hydrogens is 372 g/mol. The van der Waals surface area contributed by atoms with Gasteiger partial charge in [0.25, 0.3) is 0 Å². The number of carbonyl (C=O) groups is 1. The summed E-state index contributed by atoms with van der Waals surface area (Å²) in [7, 11) is 0. The fourth-order valence-corrected chi connectivity index (χ4v) is 3.56. The quantitative estimate of drug-likeness (QED) is 0.346. The number of aryl methyl sites for hydroxylation is 2. The average molecular weight is 394 g/mol. The maximum Gasteiger partial charge on any atom is 0.344 e. The average Bonchev–Trinajstić information content (AvgIpc) is 3.20. The minimum absolute atomic E-state index is 0.134. The van der Waals surface area contributed by atoms with Crippen LogP contribution in [0.2, 0.25) is 0 Å². The molecule has 0 fully saturated rings. The standard InChI is InChI=1S/C23H22O6/c1-15-4-2-5-16(12-15)26-10-11-27-22(24)14-28-17-8-9-19-18-6-3-7-20(18)23(25)29-21(19)13-17/h2,4-5,8-9,12-13H,3,6-7,10-11,14H2,1H3. The second kappa shape index (κ2) is 8.39. The monoisotopic (exact) mass is 394 g/mol. The van der Waals surface area contributed by atoms with Crippen LogP contribution in [-0.4, -0.2) is 25.8 Å². The van der Waals surface area contributed by atoms with Crippen LogP contribution in [0.15, 0.2) is 51.7 Å². The van der Waals surface area contributed by atoms with Crippen molar-refractivity contribution >= 4 is 16.9 Å². The van der Waals surface area contributed by atoms with Gasteiger partial charge in [0.15, 0.2) is 6.61 Å². The molecule has 1 aliphatic rings. The molecule has 0 spiro atoms. The number of ether oxygens (including phenoxy) is 3. The third-order valence-corrected chi connectivity index (χ3v) is 4.91. The van der Waals surface area contributed by atoms with Crippen LogP contribution in [0, 0.1) is 6.92 Å². The van der Waals surface area contributed by atoms with Gasteiger partial charge in [-0.15, -0.1) is 0 Å². The molecule has 6 heteroatoms. The van der Waals surface area contributed by atoms with Crippen LogP contribution in [0.25, 0.3) is 11.0 Å². The topological polar surface area (TPSA) is 75.0 Å². The van der Waals surface area contributed by atoms with E-state index in [9.17, 15) is 9.59 Å². The molecule has 0 N–H and O–H groups in total. The van der Waals surface area contributed by atoms with Crippen LogP contribution in [0.1, 0.15) is 23.1 Å². The van der Waals surface area contributed by atoms with E-state index in [0.717, 1.165) is 47.1 Å². The zero-order valence-electron chi connectivity index (χ0n) is 16.2. The summed E-state index contributed by atoms with van der Waals surface area (Å²) < 4.78 is 21.6. The van der Waals surface area contributed by atoms with Gasteiger partial charge in [-0.2, -0.15) is 0 Å². The van der Waals surface area contributed by atoms with Crippen molar-refractivity contribution in [2.75, 3.05) is 19.8 Å². The lowest BCUT2D eigenvalue weighted by Crippen LogP contribution is -2.18. The zero-order chi connectivity index (χ0) is 20.2. The van der Waals surface area contributed by atoms with Gasteiger partial charge in [-0.1, -0.05) is 12.1 Å². The van der Waals surface area contributed by atoms with Crippen molar-refractivity contribution in [1.82, 2.24) is 0 Å². The summed E-state index contributed by atoms with van der Waals surface area (Å²) in [5.74, 6) is 0.696. The summed E-state index contributed by atoms with van der Waals surface area (Å²) >= 11 is 0. The van der Waals surface area contributed by atoms with Gasteiger partial charge in [0.2, 0.25) is 0 Å². The van der Waals surface area contributed by atoms with Gasteiger partial charge in [0, 0.05) is 17.0 Å². The summed E-state index contributed by atoms with van der Waals surface area (Å²) in [5.41, 5.74) is 3.14. The van der Waals surface area contributed by atoms with E-state index in [0.29, 0.717) is 11.3 Å². The fraction of sp³-hybridized carbons (Fsp3) is 0.304. The predicted molar refractivity (Wildman–Crippen MR) is 108 cm³/mol. The fourth-order valence-electron chi connectivity index (χ4n) is 3.56. The molecule has 4 rings (SSSR count). The van der Waals surface area contributed by atoms with E-state index in [1.165, 1.54) is 0 Å². The Balaban J connectivity index is 1.28. The van der Waals surface area contributed by atoms with E-state index in [-0.39, 0.29) is 25.4 Å². The van der Waals surface area contributed by atoms with Crippen molar-refractivity contribution in [3.05, 3.63) is 69.6 Å². The number of esters is 1. The van der Waals surface area contributed by atoms with Gasteiger partial charge in [0.05, 0.1) is 0 Å². The number of hydrogen-bond donors (Lipinski definition) is 0. The molecule has 6 nitrogen and oxygen atoms in total. The summed E-state index contributed by atoms with van der Waals surface area (Å²) in [6, 6.07) is 12.9. The molecule has 0 unspecified atom stereocenters. The molecule has 1 aromatic heterocycles. The molecule has 0 saturated carbocycles. The number of carbonyl (C=O) groups excluding carboxylic acids is 1. The molecule has 3 aromatic rings. The molecule has 0 saturated heterocycles. The molecule has 0 amide bonds. The summed E-state index contributed by atoms with van der Waals surface area (Å²) in [6.07, 6.45) is 2.62. The normalized spacial score (nSPS) is 12.6.